The largest absolute Gasteiger partial charge is 0.390 e. The molecule has 7 nitrogen and oxygen atoms in total. The first kappa shape index (κ1) is 15.1. The van der Waals surface area contributed by atoms with Gasteiger partial charge < -0.3 is 11.1 Å². The molecule has 4 N–H and O–H groups in total. The van der Waals surface area contributed by atoms with Gasteiger partial charge in [-0.05, 0) is 18.6 Å². The van der Waals surface area contributed by atoms with Gasteiger partial charge in [0.2, 0.25) is 0 Å². The van der Waals surface area contributed by atoms with Crippen molar-refractivity contribution in [1.29, 1.82) is 0 Å². The highest BCUT2D eigenvalue weighted by Gasteiger charge is 2.35. The van der Waals surface area contributed by atoms with Crippen LogP contribution in [0.2, 0.25) is 0 Å². The summed E-state index contributed by atoms with van der Waals surface area (Å²) in [6.07, 6.45) is 1.92. The standard InChI is InChI=1S/C15H17FN6O/c1-3-9-12(14(18-2)19-6-17)13-11-8(15(23)22-21-13)4-7(16)5-10(11)20-9/h4-6,9,12,20H,3H2,1-2H3,(H,22,23)(H2,17,18,19)/t9-,12-/m1/s1. The third kappa shape index (κ3) is 2.36. The lowest BCUT2D eigenvalue weighted by Gasteiger charge is -2.32. The molecule has 0 aliphatic carbocycles. The van der Waals surface area contributed by atoms with Crippen molar-refractivity contribution >= 4 is 28.6 Å². The van der Waals surface area contributed by atoms with E-state index < -0.39 is 11.4 Å². The number of hydrogen-bond acceptors (Lipinski definition) is 4. The molecule has 8 heteroatoms. The molecule has 0 spiro atoms. The van der Waals surface area contributed by atoms with E-state index in [4.69, 9.17) is 5.73 Å². The third-order valence-electron chi connectivity index (χ3n) is 4.07. The Morgan fingerprint density at radius 3 is 2.96 bits per heavy atom. The lowest BCUT2D eigenvalue weighted by atomic mass is 9.85. The number of nitrogens with zero attached hydrogens (tertiary/aromatic N) is 3. The van der Waals surface area contributed by atoms with Crippen molar-refractivity contribution in [1.82, 2.24) is 10.2 Å². The summed E-state index contributed by atoms with van der Waals surface area (Å²) in [6, 6.07) is 2.50. The molecule has 1 aromatic heterocycles. The van der Waals surface area contributed by atoms with E-state index in [0.717, 1.165) is 6.42 Å². The highest BCUT2D eigenvalue weighted by molar-refractivity contribution is 6.03. The molecular formula is C15H17FN6O. The van der Waals surface area contributed by atoms with Crippen LogP contribution in [0.4, 0.5) is 10.1 Å². The van der Waals surface area contributed by atoms with Gasteiger partial charge >= 0.3 is 0 Å². The zero-order chi connectivity index (χ0) is 16.6. The van der Waals surface area contributed by atoms with E-state index in [9.17, 15) is 9.18 Å². The average molecular weight is 316 g/mol. The number of aliphatic imine (C=N–C) groups is 2. The van der Waals surface area contributed by atoms with Gasteiger partial charge in [0.15, 0.2) is 0 Å². The zero-order valence-corrected chi connectivity index (χ0v) is 12.8. The SMILES string of the molecule is CC[C@H]1Nc2cc(F)cc3c(=O)[nH]nc(c23)[C@@H]1C(N=CN)=NC. The second kappa shape index (κ2) is 5.79. The molecule has 0 unspecified atom stereocenters. The quantitative estimate of drug-likeness (QED) is 0.574. The second-order valence-electron chi connectivity index (χ2n) is 5.31. The van der Waals surface area contributed by atoms with E-state index in [2.05, 4.69) is 25.5 Å². The fourth-order valence-electron chi connectivity index (χ4n) is 3.10. The fourth-order valence-corrected chi connectivity index (χ4v) is 3.10. The maximum absolute atomic E-state index is 13.8. The first-order valence-electron chi connectivity index (χ1n) is 7.30. The normalized spacial score (nSPS) is 20.9. The smallest absolute Gasteiger partial charge is 0.272 e. The minimum atomic E-state index is -0.472. The molecule has 0 amide bonds. The van der Waals surface area contributed by atoms with E-state index in [1.165, 1.54) is 18.5 Å². The third-order valence-corrected chi connectivity index (χ3v) is 4.07. The van der Waals surface area contributed by atoms with Gasteiger partial charge in [0.25, 0.3) is 5.56 Å². The van der Waals surface area contributed by atoms with Crippen molar-refractivity contribution in [3.8, 4) is 0 Å². The number of halogens is 1. The van der Waals surface area contributed by atoms with Crippen LogP contribution in [0.5, 0.6) is 0 Å². The van der Waals surface area contributed by atoms with Crippen LogP contribution >= 0.6 is 0 Å². The van der Waals surface area contributed by atoms with Crippen LogP contribution in [0.15, 0.2) is 26.9 Å². The van der Waals surface area contributed by atoms with E-state index in [-0.39, 0.29) is 17.3 Å². The van der Waals surface area contributed by atoms with Gasteiger partial charge in [-0.15, -0.1) is 0 Å². The van der Waals surface area contributed by atoms with Gasteiger partial charge in [-0.25, -0.2) is 14.5 Å². The lowest BCUT2D eigenvalue weighted by molar-refractivity contribution is 0.612. The second-order valence-corrected chi connectivity index (χ2v) is 5.31. The molecule has 2 atom stereocenters. The van der Waals surface area contributed by atoms with E-state index in [1.807, 2.05) is 6.92 Å². The highest BCUT2D eigenvalue weighted by atomic mass is 19.1. The van der Waals surface area contributed by atoms with E-state index in [0.29, 0.717) is 22.6 Å². The molecule has 1 aromatic carbocycles. The van der Waals surface area contributed by atoms with Crippen LogP contribution in [0, 0.1) is 5.82 Å². The van der Waals surface area contributed by atoms with Gasteiger partial charge in [-0.3, -0.25) is 9.79 Å². The Balaban J connectivity index is 2.35. The molecule has 23 heavy (non-hydrogen) atoms. The van der Waals surface area contributed by atoms with Crippen molar-refractivity contribution in [2.45, 2.75) is 25.3 Å². The summed E-state index contributed by atoms with van der Waals surface area (Å²) in [6.45, 7) is 2.00. The average Bonchev–Trinajstić information content (AvgIpc) is 2.55. The number of H-pyrrole nitrogens is 1. The summed E-state index contributed by atoms with van der Waals surface area (Å²) in [4.78, 5) is 20.3. The number of nitrogens with two attached hydrogens (primary N) is 1. The van der Waals surface area contributed by atoms with Crippen LogP contribution in [0.3, 0.4) is 0 Å². The van der Waals surface area contributed by atoms with Crippen molar-refractivity contribution in [2.24, 2.45) is 15.7 Å². The summed E-state index contributed by atoms with van der Waals surface area (Å²) in [7, 11) is 1.62. The Bertz CT molecular complexity index is 872. The van der Waals surface area contributed by atoms with Gasteiger partial charge in [-0.2, -0.15) is 5.10 Å². The molecule has 2 heterocycles. The summed E-state index contributed by atoms with van der Waals surface area (Å²) >= 11 is 0. The van der Waals surface area contributed by atoms with Crippen LogP contribution in [0.25, 0.3) is 10.8 Å². The maximum Gasteiger partial charge on any atom is 0.272 e. The number of benzene rings is 1. The predicted octanol–water partition coefficient (Wildman–Crippen LogP) is 1.37. The molecule has 2 aromatic rings. The van der Waals surface area contributed by atoms with Gasteiger partial charge in [0, 0.05) is 24.2 Å². The molecule has 3 rings (SSSR count). The molecule has 120 valence electrons. The summed E-state index contributed by atoms with van der Waals surface area (Å²) < 4.78 is 13.8. The predicted molar refractivity (Wildman–Crippen MR) is 88.8 cm³/mol. The number of nitrogens with one attached hydrogen (secondary N) is 2. The first-order chi connectivity index (χ1) is 11.1. The number of anilines is 1. The summed E-state index contributed by atoms with van der Waals surface area (Å²) in [5.74, 6) is -0.259. The van der Waals surface area contributed by atoms with Crippen molar-refractivity contribution in [2.75, 3.05) is 12.4 Å². The molecular weight excluding hydrogens is 299 g/mol. The van der Waals surface area contributed by atoms with Gasteiger partial charge in [-0.1, -0.05) is 6.92 Å². The zero-order valence-electron chi connectivity index (χ0n) is 12.8. The number of aromatic amines is 1. The Morgan fingerprint density at radius 2 is 2.30 bits per heavy atom. The molecule has 0 radical (unpaired) electrons. The van der Waals surface area contributed by atoms with E-state index in [1.54, 1.807) is 7.05 Å². The minimum Gasteiger partial charge on any atom is -0.390 e. The van der Waals surface area contributed by atoms with Crippen molar-refractivity contribution < 1.29 is 4.39 Å². The Kier molecular flexibility index (Phi) is 3.81. The van der Waals surface area contributed by atoms with Crippen LogP contribution < -0.4 is 16.6 Å². The monoisotopic (exact) mass is 316 g/mol. The summed E-state index contributed by atoms with van der Waals surface area (Å²) in [5, 5.41) is 10.8. The molecule has 0 bridgehead atoms. The topological polar surface area (TPSA) is 109 Å². The molecule has 0 saturated heterocycles. The van der Waals surface area contributed by atoms with Crippen LogP contribution in [0.1, 0.15) is 25.0 Å². The van der Waals surface area contributed by atoms with Crippen LogP contribution in [-0.4, -0.2) is 35.5 Å². The van der Waals surface area contributed by atoms with Gasteiger partial charge in [0.05, 0.1) is 23.3 Å². The lowest BCUT2D eigenvalue weighted by Crippen LogP contribution is -2.37. The maximum atomic E-state index is 13.8. The molecule has 0 fully saturated rings. The molecule has 0 saturated carbocycles. The number of rotatable bonds is 2. The summed E-state index contributed by atoms with van der Waals surface area (Å²) in [5.41, 5.74) is 6.16. The first-order valence-corrected chi connectivity index (χ1v) is 7.30. The molecule has 1 aliphatic rings. The molecule has 1 aliphatic heterocycles. The van der Waals surface area contributed by atoms with Crippen molar-refractivity contribution in [3.63, 3.8) is 0 Å². The Labute approximate surface area is 131 Å². The fraction of sp³-hybridized carbons (Fsp3) is 0.333. The van der Waals surface area contributed by atoms with Crippen LogP contribution in [-0.2, 0) is 0 Å². The number of aromatic nitrogens is 2. The Morgan fingerprint density at radius 1 is 1.52 bits per heavy atom. The van der Waals surface area contributed by atoms with Crippen molar-refractivity contribution in [3.05, 3.63) is 34.0 Å². The van der Waals surface area contributed by atoms with E-state index >= 15 is 0 Å². The Hall–Kier alpha value is -2.77. The van der Waals surface area contributed by atoms with Gasteiger partial charge in [0.1, 0.15) is 11.7 Å². The number of hydrogen-bond donors (Lipinski definition) is 3. The number of amidine groups is 1. The minimum absolute atomic E-state index is 0.0895. The highest BCUT2D eigenvalue weighted by Crippen LogP contribution is 2.38.